The molecule has 1 N–H and O–H groups in total. The van der Waals surface area contributed by atoms with Gasteiger partial charge in [0.25, 0.3) is 0 Å². The van der Waals surface area contributed by atoms with Gasteiger partial charge in [-0.3, -0.25) is 9.69 Å². The molecule has 2 aliphatic rings. The van der Waals surface area contributed by atoms with Crippen molar-refractivity contribution in [1.82, 2.24) is 19.4 Å². The predicted octanol–water partition coefficient (Wildman–Crippen LogP) is 3.12. The first-order valence-corrected chi connectivity index (χ1v) is 9.95. The van der Waals surface area contributed by atoms with E-state index in [1.165, 1.54) is 11.1 Å². The summed E-state index contributed by atoms with van der Waals surface area (Å²) in [7, 11) is 0. The van der Waals surface area contributed by atoms with Gasteiger partial charge in [0.1, 0.15) is 5.15 Å². The molecule has 1 aromatic heterocycles. The van der Waals surface area contributed by atoms with E-state index in [0.717, 1.165) is 44.2 Å². The van der Waals surface area contributed by atoms with Crippen LogP contribution in [-0.4, -0.2) is 63.2 Å². The molecule has 0 amide bonds. The molecule has 1 aromatic carbocycles. The summed E-state index contributed by atoms with van der Waals surface area (Å²) in [5.41, 5.74) is 2.78. The van der Waals surface area contributed by atoms with Crippen molar-refractivity contribution in [2.75, 3.05) is 32.7 Å². The van der Waals surface area contributed by atoms with E-state index in [1.807, 2.05) is 6.20 Å². The summed E-state index contributed by atoms with van der Waals surface area (Å²) in [6.45, 7) is 8.17. The van der Waals surface area contributed by atoms with Crippen LogP contribution < -0.4 is 0 Å². The lowest BCUT2D eigenvalue weighted by atomic mass is 9.93. The van der Waals surface area contributed by atoms with E-state index < -0.39 is 11.4 Å². The third kappa shape index (κ3) is 3.66. The maximum absolute atomic E-state index is 11.4. The van der Waals surface area contributed by atoms with Crippen molar-refractivity contribution in [2.45, 2.75) is 20.4 Å². The Morgan fingerprint density at radius 3 is 2.64 bits per heavy atom. The third-order valence-electron chi connectivity index (χ3n) is 5.58. The first-order valence-electron chi connectivity index (χ1n) is 9.57. The Morgan fingerprint density at radius 1 is 1.21 bits per heavy atom. The molecule has 0 radical (unpaired) electrons. The minimum atomic E-state index is -0.755. The topological polar surface area (TPSA) is 61.6 Å². The monoisotopic (exact) mass is 400 g/mol. The number of carboxylic acid groups (broad SMARTS) is 1. The van der Waals surface area contributed by atoms with Gasteiger partial charge < -0.3 is 14.6 Å². The quantitative estimate of drug-likeness (QED) is 0.854. The second-order valence-corrected chi connectivity index (χ2v) is 8.58. The van der Waals surface area contributed by atoms with Crippen molar-refractivity contribution in [2.24, 2.45) is 5.41 Å². The Hall–Kier alpha value is -2.31. The Balaban J connectivity index is 1.57. The number of rotatable bonds is 4. The fraction of sp³-hybridized carbons (Fsp3) is 0.429. The number of nitrogens with zero attached hydrogens (tertiary/aromatic N) is 4. The summed E-state index contributed by atoms with van der Waals surface area (Å²) in [5.74, 6) is 0.134. The molecule has 1 saturated heterocycles. The normalized spacial score (nSPS) is 17.5. The van der Waals surface area contributed by atoms with Crippen LogP contribution in [0, 0.1) is 5.41 Å². The fourth-order valence-corrected chi connectivity index (χ4v) is 4.13. The van der Waals surface area contributed by atoms with Crippen LogP contribution in [0.1, 0.15) is 30.8 Å². The van der Waals surface area contributed by atoms with Crippen molar-refractivity contribution >= 4 is 29.3 Å². The molecule has 28 heavy (non-hydrogen) atoms. The number of piperazine rings is 1. The van der Waals surface area contributed by atoms with Gasteiger partial charge in [-0.25, -0.2) is 4.98 Å². The van der Waals surface area contributed by atoms with E-state index in [0.29, 0.717) is 11.7 Å². The fourth-order valence-electron chi connectivity index (χ4n) is 3.93. The molecule has 0 unspecified atom stereocenters. The molecule has 0 bridgehead atoms. The minimum absolute atomic E-state index is 0.502. The third-order valence-corrected chi connectivity index (χ3v) is 5.76. The molecule has 0 atom stereocenters. The van der Waals surface area contributed by atoms with Crippen molar-refractivity contribution < 1.29 is 9.90 Å². The summed E-state index contributed by atoms with van der Waals surface area (Å²) in [6, 6.07) is 8.38. The van der Waals surface area contributed by atoms with E-state index in [2.05, 4.69) is 49.7 Å². The van der Waals surface area contributed by atoms with Gasteiger partial charge in [0, 0.05) is 45.5 Å². The number of halogens is 1. The smallest absolute Gasteiger partial charge is 0.310 e. The molecule has 0 spiro atoms. The predicted molar refractivity (Wildman–Crippen MR) is 110 cm³/mol. The van der Waals surface area contributed by atoms with E-state index in [4.69, 9.17) is 11.6 Å². The highest BCUT2D eigenvalue weighted by Gasteiger charge is 2.32. The number of fused-ring (bicyclic) bond motifs is 2. The number of hydrogen-bond acceptors (Lipinski definition) is 4. The summed E-state index contributed by atoms with van der Waals surface area (Å²) < 4.78 is 2.11. The molecule has 2 aliphatic heterocycles. The maximum atomic E-state index is 11.4. The van der Waals surface area contributed by atoms with Crippen LogP contribution in [0.15, 0.2) is 30.5 Å². The van der Waals surface area contributed by atoms with E-state index in [-0.39, 0.29) is 0 Å². The first-order chi connectivity index (χ1) is 13.3. The molecule has 6 nitrogen and oxygen atoms in total. The molecule has 0 saturated carbocycles. The number of hydrogen-bond donors (Lipinski definition) is 1. The van der Waals surface area contributed by atoms with Crippen LogP contribution >= 0.6 is 11.6 Å². The number of carboxylic acids is 1. The Bertz CT molecular complexity index is 926. The second-order valence-electron chi connectivity index (χ2n) is 8.20. The minimum Gasteiger partial charge on any atom is -0.481 e. The van der Waals surface area contributed by atoms with Crippen LogP contribution in [0.4, 0.5) is 0 Å². The largest absolute Gasteiger partial charge is 0.481 e. The average Bonchev–Trinajstić information content (AvgIpc) is 2.94. The number of benzene rings is 1. The van der Waals surface area contributed by atoms with Crippen molar-refractivity contribution in [3.8, 4) is 0 Å². The van der Waals surface area contributed by atoms with Gasteiger partial charge in [-0.15, -0.1) is 0 Å². The van der Waals surface area contributed by atoms with Gasteiger partial charge in [-0.2, -0.15) is 0 Å². The summed E-state index contributed by atoms with van der Waals surface area (Å²) in [6.07, 6.45) is 4.09. The Morgan fingerprint density at radius 2 is 1.93 bits per heavy atom. The van der Waals surface area contributed by atoms with Gasteiger partial charge in [0.2, 0.25) is 0 Å². The molecule has 7 heteroatoms. The zero-order valence-corrected chi connectivity index (χ0v) is 17.0. The molecule has 148 valence electrons. The molecule has 3 heterocycles. The van der Waals surface area contributed by atoms with Crippen molar-refractivity contribution in [1.29, 1.82) is 0 Å². The van der Waals surface area contributed by atoms with Crippen molar-refractivity contribution in [3.05, 3.63) is 52.6 Å². The lowest BCUT2D eigenvalue weighted by Crippen LogP contribution is -2.49. The van der Waals surface area contributed by atoms with E-state index in [1.54, 1.807) is 13.8 Å². The first kappa shape index (κ1) is 19.0. The zero-order valence-electron chi connectivity index (χ0n) is 16.2. The molecule has 4 rings (SSSR count). The molecular formula is C21H25ClN4O2. The van der Waals surface area contributed by atoms with Crippen LogP contribution in [-0.2, 0) is 11.3 Å². The number of carbonyl (C=O) groups is 1. The average molecular weight is 401 g/mol. The van der Waals surface area contributed by atoms with Gasteiger partial charge in [0.05, 0.1) is 11.1 Å². The number of imidazole rings is 1. The molecule has 2 aromatic rings. The van der Waals surface area contributed by atoms with E-state index in [9.17, 15) is 9.90 Å². The molecular weight excluding hydrogens is 376 g/mol. The van der Waals surface area contributed by atoms with E-state index >= 15 is 0 Å². The van der Waals surface area contributed by atoms with Crippen LogP contribution in [0.3, 0.4) is 0 Å². The number of aromatic nitrogens is 2. The number of aliphatic carboxylic acids is 1. The maximum Gasteiger partial charge on any atom is 0.310 e. The van der Waals surface area contributed by atoms with Crippen molar-refractivity contribution in [3.63, 3.8) is 0 Å². The Labute approximate surface area is 170 Å². The van der Waals surface area contributed by atoms with Crippen LogP contribution in [0.5, 0.6) is 0 Å². The highest BCUT2D eigenvalue weighted by molar-refractivity contribution is 6.29. The van der Waals surface area contributed by atoms with Gasteiger partial charge in [0.15, 0.2) is 5.82 Å². The van der Waals surface area contributed by atoms with Gasteiger partial charge >= 0.3 is 5.97 Å². The summed E-state index contributed by atoms with van der Waals surface area (Å²) >= 11 is 6.22. The van der Waals surface area contributed by atoms with Crippen LogP contribution in [0.25, 0.3) is 11.8 Å². The summed E-state index contributed by atoms with van der Waals surface area (Å²) in [4.78, 5) is 20.6. The standard InChI is InChI=1S/C21H25ClN4O2/c1-21(2,20(27)28)14-24-7-9-25(10-8-24)17-11-15-5-3-4-6-16(15)12-26-13-18(22)23-19(17)26/h3-6,11,13H,7-10,12,14H2,1-2H3,(H,27,28). The summed E-state index contributed by atoms with van der Waals surface area (Å²) in [5, 5.41) is 9.90. The van der Waals surface area contributed by atoms with Gasteiger partial charge in [-0.05, 0) is 31.1 Å². The zero-order chi connectivity index (χ0) is 19.9. The molecule has 0 aliphatic carbocycles. The highest BCUT2D eigenvalue weighted by Crippen LogP contribution is 2.30. The lowest BCUT2D eigenvalue weighted by Gasteiger charge is -2.39. The SMILES string of the molecule is CC(C)(CN1CCN(C2=Cc3ccccc3Cn3cc(Cl)nc32)CC1)C(=O)O. The lowest BCUT2D eigenvalue weighted by molar-refractivity contribution is -0.148. The second kappa shape index (κ2) is 7.26. The van der Waals surface area contributed by atoms with Gasteiger partial charge in [-0.1, -0.05) is 35.9 Å². The Kier molecular flexibility index (Phi) is 4.93. The van der Waals surface area contributed by atoms with Crippen LogP contribution in [0.2, 0.25) is 5.15 Å². The highest BCUT2D eigenvalue weighted by atomic mass is 35.5. The molecule has 1 fully saturated rings.